The van der Waals surface area contributed by atoms with Gasteiger partial charge in [-0.15, -0.1) is 11.5 Å². The van der Waals surface area contributed by atoms with Crippen LogP contribution in [0.5, 0.6) is 0 Å². The van der Waals surface area contributed by atoms with Crippen molar-refractivity contribution in [1.29, 1.82) is 0 Å². The molecule has 2 aliphatic carbocycles. The summed E-state index contributed by atoms with van der Waals surface area (Å²) < 4.78 is 0. The summed E-state index contributed by atoms with van der Waals surface area (Å²) in [5, 5.41) is 0. The molecule has 10 heavy (non-hydrogen) atoms. The van der Waals surface area contributed by atoms with Crippen LogP contribution in [0.15, 0.2) is 59.1 Å². The zero-order valence-corrected chi connectivity index (χ0v) is 5.46. The van der Waals surface area contributed by atoms with E-state index in [0.29, 0.717) is 0 Å². The van der Waals surface area contributed by atoms with Crippen LogP contribution in [-0.2, 0) is 0 Å². The van der Waals surface area contributed by atoms with Crippen molar-refractivity contribution in [2.75, 3.05) is 0 Å². The highest BCUT2D eigenvalue weighted by Gasteiger charge is 1.99. The molecular weight excluding hydrogens is 120 g/mol. The van der Waals surface area contributed by atoms with E-state index in [4.69, 9.17) is 0 Å². The van der Waals surface area contributed by atoms with Gasteiger partial charge in [-0.25, -0.2) is 0 Å². The summed E-state index contributed by atoms with van der Waals surface area (Å²) in [4.78, 5) is 0. The SMILES string of the molecule is C1=CC=C2C=C=CC=C2C=1. The Bertz CT molecular complexity index is 300. The first-order chi connectivity index (χ1) is 4.97. The Morgan fingerprint density at radius 1 is 0.800 bits per heavy atom. The molecule has 2 aliphatic rings. The Balaban J connectivity index is 2.63. The van der Waals surface area contributed by atoms with Crippen LogP contribution in [0.3, 0.4) is 0 Å². The van der Waals surface area contributed by atoms with Crippen molar-refractivity contribution >= 4 is 0 Å². The maximum absolute atomic E-state index is 3.02. The third kappa shape index (κ3) is 0.728. The molecule has 0 heteroatoms. The third-order valence-corrected chi connectivity index (χ3v) is 1.53. The molecule has 0 aromatic carbocycles. The Kier molecular flexibility index (Phi) is 1.08. The summed E-state index contributed by atoms with van der Waals surface area (Å²) in [6.07, 6.45) is 11.8. The molecule has 0 spiro atoms. The molecule has 0 unspecified atom stereocenters. The van der Waals surface area contributed by atoms with E-state index in [-0.39, 0.29) is 0 Å². The largest absolute Gasteiger partial charge is 0.120 e. The molecule has 0 atom stereocenters. The average molecular weight is 126 g/mol. The molecule has 0 saturated heterocycles. The van der Waals surface area contributed by atoms with E-state index in [0.717, 1.165) is 0 Å². The molecule has 0 amide bonds. The monoisotopic (exact) mass is 126 g/mol. The van der Waals surface area contributed by atoms with Gasteiger partial charge in [-0.1, -0.05) is 0 Å². The molecule has 0 aliphatic heterocycles. The molecule has 0 saturated carbocycles. The lowest BCUT2D eigenvalue weighted by atomic mass is 10.0. The summed E-state index contributed by atoms with van der Waals surface area (Å²) in [5.41, 5.74) is 8.49. The van der Waals surface area contributed by atoms with Gasteiger partial charge in [0.15, 0.2) is 0 Å². The minimum Gasteiger partial charge on any atom is -0.120 e. The smallest absolute Gasteiger partial charge is 0.00942 e. The van der Waals surface area contributed by atoms with E-state index in [1.165, 1.54) is 11.1 Å². The minimum absolute atomic E-state index is 1.22. The van der Waals surface area contributed by atoms with Gasteiger partial charge in [-0.05, 0) is 47.6 Å². The van der Waals surface area contributed by atoms with Crippen molar-refractivity contribution in [3.63, 3.8) is 0 Å². The first-order valence-corrected chi connectivity index (χ1v) is 3.23. The number of fused-ring (bicyclic) bond motifs is 1. The second-order valence-electron chi connectivity index (χ2n) is 2.20. The summed E-state index contributed by atoms with van der Waals surface area (Å²) in [7, 11) is 0. The quantitative estimate of drug-likeness (QED) is 0.437. The highest BCUT2D eigenvalue weighted by Crippen LogP contribution is 2.17. The zero-order chi connectivity index (χ0) is 6.81. The average Bonchev–Trinajstić information content (AvgIpc) is 2.05. The molecule has 0 radical (unpaired) electrons. The van der Waals surface area contributed by atoms with E-state index in [1.807, 2.05) is 36.5 Å². The van der Waals surface area contributed by atoms with E-state index < -0.39 is 0 Å². The van der Waals surface area contributed by atoms with Gasteiger partial charge in [0.25, 0.3) is 0 Å². The maximum Gasteiger partial charge on any atom is -0.00942 e. The van der Waals surface area contributed by atoms with Crippen LogP contribution in [0, 0.1) is 0 Å². The van der Waals surface area contributed by atoms with Crippen molar-refractivity contribution in [3.8, 4) is 0 Å². The van der Waals surface area contributed by atoms with Gasteiger partial charge in [-0.3, -0.25) is 0 Å². The summed E-state index contributed by atoms with van der Waals surface area (Å²) in [6.45, 7) is 0. The van der Waals surface area contributed by atoms with Gasteiger partial charge in [0.1, 0.15) is 0 Å². The van der Waals surface area contributed by atoms with Gasteiger partial charge in [0, 0.05) is 0 Å². The lowest BCUT2D eigenvalue weighted by molar-refractivity contribution is 1.50. The van der Waals surface area contributed by atoms with Gasteiger partial charge in [-0.2, -0.15) is 0 Å². The standard InChI is InChI=1S/C10H6/c1-2-6-10-8-4-3-7-9(10)5-1/h1,4-8H. The van der Waals surface area contributed by atoms with Crippen LogP contribution in [0.2, 0.25) is 0 Å². The van der Waals surface area contributed by atoms with Crippen LogP contribution in [0.4, 0.5) is 0 Å². The predicted octanol–water partition coefficient (Wildman–Crippen LogP) is 2.29. The molecule has 2 rings (SSSR count). The molecule has 0 aromatic heterocycles. The number of hydrogen-bond donors (Lipinski definition) is 0. The van der Waals surface area contributed by atoms with Crippen molar-refractivity contribution in [2.24, 2.45) is 0 Å². The molecule has 0 N–H and O–H groups in total. The van der Waals surface area contributed by atoms with Gasteiger partial charge in [0.05, 0.1) is 0 Å². The van der Waals surface area contributed by atoms with Crippen LogP contribution < -0.4 is 0 Å². The predicted molar refractivity (Wildman–Crippen MR) is 41.5 cm³/mol. The molecule has 0 bridgehead atoms. The van der Waals surface area contributed by atoms with E-state index in [2.05, 4.69) is 11.5 Å². The number of allylic oxidation sites excluding steroid dienone is 6. The van der Waals surface area contributed by atoms with Crippen LogP contribution in [-0.4, -0.2) is 0 Å². The summed E-state index contributed by atoms with van der Waals surface area (Å²) in [5.74, 6) is 0. The van der Waals surface area contributed by atoms with E-state index in [1.54, 1.807) is 0 Å². The first-order valence-electron chi connectivity index (χ1n) is 3.23. The molecule has 0 aromatic rings. The Hall–Kier alpha value is -1.48. The Labute approximate surface area is 59.9 Å². The topological polar surface area (TPSA) is 0 Å². The second kappa shape index (κ2) is 2.04. The summed E-state index contributed by atoms with van der Waals surface area (Å²) in [6, 6.07) is 0. The minimum atomic E-state index is 1.22. The molecule has 0 fully saturated rings. The lowest BCUT2D eigenvalue weighted by Crippen LogP contribution is -1.86. The fraction of sp³-hybridized carbons (Fsp3) is 0. The van der Waals surface area contributed by atoms with Gasteiger partial charge >= 0.3 is 0 Å². The number of rotatable bonds is 0. The molecule has 0 nitrogen and oxygen atoms in total. The molecular formula is C10H6. The van der Waals surface area contributed by atoms with Gasteiger partial charge in [0.2, 0.25) is 0 Å². The highest BCUT2D eigenvalue weighted by atomic mass is 14.0. The van der Waals surface area contributed by atoms with Crippen LogP contribution >= 0.6 is 0 Å². The highest BCUT2D eigenvalue weighted by molar-refractivity contribution is 5.53. The maximum atomic E-state index is 3.02. The van der Waals surface area contributed by atoms with Gasteiger partial charge < -0.3 is 0 Å². The molecule has 46 valence electrons. The first kappa shape index (κ1) is 5.32. The third-order valence-electron chi connectivity index (χ3n) is 1.53. The van der Waals surface area contributed by atoms with E-state index >= 15 is 0 Å². The Morgan fingerprint density at radius 3 is 1.80 bits per heavy atom. The molecule has 0 heterocycles. The summed E-state index contributed by atoms with van der Waals surface area (Å²) >= 11 is 0. The fourth-order valence-corrected chi connectivity index (χ4v) is 1.01. The zero-order valence-electron chi connectivity index (χ0n) is 5.46. The van der Waals surface area contributed by atoms with Crippen LogP contribution in [0.25, 0.3) is 0 Å². The van der Waals surface area contributed by atoms with Crippen molar-refractivity contribution < 1.29 is 0 Å². The normalized spacial score (nSPS) is 18.4. The fourth-order valence-electron chi connectivity index (χ4n) is 1.01. The second-order valence-corrected chi connectivity index (χ2v) is 2.20. The Morgan fingerprint density at radius 2 is 1.30 bits per heavy atom. The van der Waals surface area contributed by atoms with Crippen molar-refractivity contribution in [3.05, 3.63) is 59.1 Å². The number of hydrogen-bond acceptors (Lipinski definition) is 0. The lowest BCUT2D eigenvalue weighted by Gasteiger charge is -2.03. The van der Waals surface area contributed by atoms with Crippen molar-refractivity contribution in [2.45, 2.75) is 0 Å². The van der Waals surface area contributed by atoms with Crippen molar-refractivity contribution in [1.82, 2.24) is 0 Å². The van der Waals surface area contributed by atoms with Crippen LogP contribution in [0.1, 0.15) is 0 Å². The van der Waals surface area contributed by atoms with E-state index in [9.17, 15) is 0 Å².